The summed E-state index contributed by atoms with van der Waals surface area (Å²) in [5, 5.41) is 0. The molecule has 1 aliphatic rings. The molecular weight excluding hydrogens is 228 g/mol. The molecule has 0 bridgehead atoms. The maximum atomic E-state index is 5.74. The Morgan fingerprint density at radius 2 is 2.17 bits per heavy atom. The minimum Gasteiger partial charge on any atom is -0.496 e. The van der Waals surface area contributed by atoms with Crippen LogP contribution in [0.3, 0.4) is 0 Å². The van der Waals surface area contributed by atoms with E-state index in [-0.39, 0.29) is 6.04 Å². The Morgan fingerprint density at radius 3 is 2.72 bits per heavy atom. The molecule has 0 radical (unpaired) electrons. The molecule has 0 amide bonds. The van der Waals surface area contributed by atoms with Gasteiger partial charge >= 0.3 is 0 Å². The number of nitrogens with two attached hydrogens (primary N) is 1. The first-order valence-corrected chi connectivity index (χ1v) is 6.36. The molecule has 4 nitrogen and oxygen atoms in total. The summed E-state index contributed by atoms with van der Waals surface area (Å²) in [6.45, 7) is 5.76. The number of hydrazine groups is 1. The molecule has 2 rings (SSSR count). The second-order valence-corrected chi connectivity index (χ2v) is 4.95. The lowest BCUT2D eigenvalue weighted by Crippen LogP contribution is -2.34. The molecule has 0 aliphatic carbocycles. The van der Waals surface area contributed by atoms with Gasteiger partial charge in [0.2, 0.25) is 0 Å². The Hall–Kier alpha value is -1.10. The van der Waals surface area contributed by atoms with Crippen molar-refractivity contribution in [1.82, 2.24) is 5.43 Å². The van der Waals surface area contributed by atoms with Gasteiger partial charge in [0.15, 0.2) is 0 Å². The van der Waals surface area contributed by atoms with E-state index in [1.807, 2.05) is 0 Å². The molecule has 1 heterocycles. The molecule has 1 aromatic rings. The number of methoxy groups -OCH3 is 1. The van der Waals surface area contributed by atoms with Crippen LogP contribution in [0.2, 0.25) is 0 Å². The van der Waals surface area contributed by atoms with Gasteiger partial charge in [-0.25, -0.2) is 0 Å². The van der Waals surface area contributed by atoms with Gasteiger partial charge in [0.25, 0.3) is 0 Å². The van der Waals surface area contributed by atoms with Gasteiger partial charge in [-0.3, -0.25) is 11.3 Å². The van der Waals surface area contributed by atoms with Crippen LogP contribution in [0.4, 0.5) is 0 Å². The van der Waals surface area contributed by atoms with Gasteiger partial charge in [-0.15, -0.1) is 0 Å². The molecule has 1 saturated heterocycles. The molecule has 18 heavy (non-hydrogen) atoms. The quantitative estimate of drug-likeness (QED) is 0.632. The van der Waals surface area contributed by atoms with Gasteiger partial charge in [0.05, 0.1) is 19.8 Å². The van der Waals surface area contributed by atoms with E-state index >= 15 is 0 Å². The first kappa shape index (κ1) is 13.3. The van der Waals surface area contributed by atoms with Gasteiger partial charge in [-0.05, 0) is 43.0 Å². The summed E-state index contributed by atoms with van der Waals surface area (Å²) in [5.74, 6) is 7.11. The van der Waals surface area contributed by atoms with E-state index in [1.165, 1.54) is 11.1 Å². The van der Waals surface area contributed by atoms with Gasteiger partial charge < -0.3 is 9.47 Å². The van der Waals surface area contributed by atoms with Crippen LogP contribution in [0.1, 0.15) is 29.2 Å². The van der Waals surface area contributed by atoms with E-state index < -0.39 is 0 Å². The zero-order valence-electron chi connectivity index (χ0n) is 11.3. The van der Waals surface area contributed by atoms with E-state index in [4.69, 9.17) is 15.3 Å². The molecule has 1 aliphatic heterocycles. The minimum atomic E-state index is 0.150. The first-order chi connectivity index (χ1) is 8.67. The second kappa shape index (κ2) is 5.69. The summed E-state index contributed by atoms with van der Waals surface area (Å²) in [7, 11) is 1.70. The van der Waals surface area contributed by atoms with Crippen molar-refractivity contribution in [2.45, 2.75) is 26.3 Å². The number of aryl methyl sites for hydroxylation is 2. The van der Waals surface area contributed by atoms with Crippen LogP contribution in [-0.4, -0.2) is 20.3 Å². The molecule has 4 heteroatoms. The highest BCUT2D eigenvalue weighted by molar-refractivity contribution is 5.43. The van der Waals surface area contributed by atoms with Crippen molar-refractivity contribution in [3.8, 4) is 5.75 Å². The fourth-order valence-electron chi connectivity index (χ4n) is 2.66. The SMILES string of the molecule is COc1cc(C)c(C(NN)C2CCOC2)cc1C. The normalized spacial score (nSPS) is 21.0. The average molecular weight is 250 g/mol. The van der Waals surface area contributed by atoms with Crippen LogP contribution in [0, 0.1) is 19.8 Å². The summed E-state index contributed by atoms with van der Waals surface area (Å²) in [6, 6.07) is 4.39. The van der Waals surface area contributed by atoms with Crippen LogP contribution in [0.15, 0.2) is 12.1 Å². The summed E-state index contributed by atoms with van der Waals surface area (Å²) in [4.78, 5) is 0. The number of hydrogen-bond acceptors (Lipinski definition) is 4. The molecule has 0 spiro atoms. The third-order valence-electron chi connectivity index (χ3n) is 3.73. The largest absolute Gasteiger partial charge is 0.496 e. The lowest BCUT2D eigenvalue weighted by Gasteiger charge is -2.24. The number of nitrogens with one attached hydrogen (secondary N) is 1. The summed E-state index contributed by atoms with van der Waals surface area (Å²) >= 11 is 0. The Labute approximate surface area is 108 Å². The summed E-state index contributed by atoms with van der Waals surface area (Å²) in [5.41, 5.74) is 6.52. The second-order valence-electron chi connectivity index (χ2n) is 4.95. The van der Waals surface area contributed by atoms with E-state index in [1.54, 1.807) is 7.11 Å². The van der Waals surface area contributed by atoms with Gasteiger partial charge in [0.1, 0.15) is 5.75 Å². The van der Waals surface area contributed by atoms with E-state index in [2.05, 4.69) is 31.4 Å². The van der Waals surface area contributed by atoms with Gasteiger partial charge in [0, 0.05) is 12.5 Å². The Balaban J connectivity index is 2.32. The summed E-state index contributed by atoms with van der Waals surface area (Å²) < 4.78 is 10.8. The van der Waals surface area contributed by atoms with Crippen molar-refractivity contribution in [3.05, 3.63) is 28.8 Å². The van der Waals surface area contributed by atoms with E-state index in [0.29, 0.717) is 5.92 Å². The third kappa shape index (κ3) is 2.51. The highest BCUT2D eigenvalue weighted by Crippen LogP contribution is 2.33. The zero-order valence-corrected chi connectivity index (χ0v) is 11.3. The van der Waals surface area contributed by atoms with Gasteiger partial charge in [-0.2, -0.15) is 0 Å². The van der Waals surface area contributed by atoms with E-state index in [9.17, 15) is 0 Å². The number of ether oxygens (including phenoxy) is 2. The van der Waals surface area contributed by atoms with Crippen LogP contribution >= 0.6 is 0 Å². The molecule has 2 atom stereocenters. The average Bonchev–Trinajstić information content (AvgIpc) is 2.87. The molecule has 1 fully saturated rings. The zero-order chi connectivity index (χ0) is 13.1. The van der Waals surface area contributed by atoms with Crippen molar-refractivity contribution in [3.63, 3.8) is 0 Å². The maximum absolute atomic E-state index is 5.74. The molecule has 100 valence electrons. The van der Waals surface area contributed by atoms with Crippen LogP contribution in [0.5, 0.6) is 5.75 Å². The molecule has 1 aromatic carbocycles. The lowest BCUT2D eigenvalue weighted by molar-refractivity contribution is 0.176. The fraction of sp³-hybridized carbons (Fsp3) is 0.571. The summed E-state index contributed by atoms with van der Waals surface area (Å²) in [6.07, 6.45) is 1.05. The lowest BCUT2D eigenvalue weighted by atomic mass is 9.89. The minimum absolute atomic E-state index is 0.150. The number of hydrogen-bond donors (Lipinski definition) is 2. The highest BCUT2D eigenvalue weighted by Gasteiger charge is 2.27. The molecule has 3 N–H and O–H groups in total. The topological polar surface area (TPSA) is 56.5 Å². The Morgan fingerprint density at radius 1 is 1.39 bits per heavy atom. The van der Waals surface area contributed by atoms with Crippen molar-refractivity contribution in [2.24, 2.45) is 11.8 Å². The predicted octanol–water partition coefficient (Wildman–Crippen LogP) is 1.85. The first-order valence-electron chi connectivity index (χ1n) is 6.36. The Kier molecular flexibility index (Phi) is 4.22. The Bertz CT molecular complexity index is 415. The molecule has 0 saturated carbocycles. The van der Waals surface area contributed by atoms with Crippen molar-refractivity contribution >= 4 is 0 Å². The van der Waals surface area contributed by atoms with Crippen LogP contribution < -0.4 is 16.0 Å². The van der Waals surface area contributed by atoms with Crippen LogP contribution in [0.25, 0.3) is 0 Å². The van der Waals surface area contributed by atoms with Crippen molar-refractivity contribution in [2.75, 3.05) is 20.3 Å². The van der Waals surface area contributed by atoms with Crippen molar-refractivity contribution in [1.29, 1.82) is 0 Å². The van der Waals surface area contributed by atoms with Crippen molar-refractivity contribution < 1.29 is 9.47 Å². The van der Waals surface area contributed by atoms with Gasteiger partial charge in [-0.1, -0.05) is 6.07 Å². The standard InChI is InChI=1S/C14H22N2O2/c1-9-7-13(17-3)10(2)6-12(9)14(16-15)11-4-5-18-8-11/h6-7,11,14,16H,4-5,8,15H2,1-3H3. The maximum Gasteiger partial charge on any atom is 0.122 e. The smallest absolute Gasteiger partial charge is 0.122 e. The molecule has 0 aromatic heterocycles. The monoisotopic (exact) mass is 250 g/mol. The van der Waals surface area contributed by atoms with Crippen LogP contribution in [-0.2, 0) is 4.74 Å². The van der Waals surface area contributed by atoms with E-state index in [0.717, 1.165) is 30.9 Å². The highest BCUT2D eigenvalue weighted by atomic mass is 16.5. The predicted molar refractivity (Wildman–Crippen MR) is 71.5 cm³/mol. The fourth-order valence-corrected chi connectivity index (χ4v) is 2.66. The number of benzene rings is 1. The molecular formula is C14H22N2O2. The number of rotatable bonds is 4. The third-order valence-corrected chi connectivity index (χ3v) is 3.73. The molecule has 2 unspecified atom stereocenters.